The van der Waals surface area contributed by atoms with Crippen molar-refractivity contribution < 1.29 is 19.1 Å². The summed E-state index contributed by atoms with van der Waals surface area (Å²) in [5, 5.41) is 0. The molecular weight excluding hydrogens is 358 g/mol. The first kappa shape index (κ1) is 22.7. The molecule has 1 heterocycles. The Balaban J connectivity index is 1.92. The number of hydrogen-bond acceptors (Lipinski definition) is 5. The van der Waals surface area contributed by atoms with Crippen molar-refractivity contribution in [3.05, 3.63) is 0 Å². The Morgan fingerprint density at radius 3 is 2.11 bits per heavy atom. The molecular formula is C21H37N3O4. The van der Waals surface area contributed by atoms with Crippen LogP contribution in [0, 0.1) is 5.92 Å². The van der Waals surface area contributed by atoms with Crippen LogP contribution in [0.3, 0.4) is 0 Å². The second-order valence-electron chi connectivity index (χ2n) is 7.72. The third-order valence-corrected chi connectivity index (χ3v) is 6.08. The molecule has 0 aromatic heterocycles. The van der Waals surface area contributed by atoms with Crippen molar-refractivity contribution in [1.29, 1.82) is 0 Å². The van der Waals surface area contributed by atoms with Gasteiger partial charge in [-0.05, 0) is 39.5 Å². The lowest BCUT2D eigenvalue weighted by molar-refractivity contribution is -0.147. The molecule has 2 fully saturated rings. The molecule has 2 amide bonds. The number of piperazine rings is 1. The first-order valence-electron chi connectivity index (χ1n) is 11.0. The van der Waals surface area contributed by atoms with Gasteiger partial charge in [0.1, 0.15) is 0 Å². The van der Waals surface area contributed by atoms with Gasteiger partial charge in [0.25, 0.3) is 0 Å². The monoisotopic (exact) mass is 395 g/mol. The van der Waals surface area contributed by atoms with Gasteiger partial charge in [0.05, 0.1) is 19.1 Å². The van der Waals surface area contributed by atoms with Crippen molar-refractivity contribution in [2.45, 2.75) is 65.3 Å². The third kappa shape index (κ3) is 5.93. The van der Waals surface area contributed by atoms with Crippen LogP contribution in [0.15, 0.2) is 0 Å². The number of hydrogen-bond donors (Lipinski definition) is 0. The molecule has 0 aromatic carbocycles. The second kappa shape index (κ2) is 11.4. The van der Waals surface area contributed by atoms with E-state index >= 15 is 0 Å². The van der Waals surface area contributed by atoms with Crippen LogP contribution in [-0.2, 0) is 19.1 Å². The number of carbonyl (C=O) groups excluding carboxylic acids is 3. The summed E-state index contributed by atoms with van der Waals surface area (Å²) in [5.41, 5.74) is 0. The van der Waals surface area contributed by atoms with Gasteiger partial charge in [-0.2, -0.15) is 0 Å². The van der Waals surface area contributed by atoms with Crippen molar-refractivity contribution >= 4 is 17.8 Å². The molecule has 0 spiro atoms. The van der Waals surface area contributed by atoms with E-state index in [1.807, 2.05) is 23.6 Å². The summed E-state index contributed by atoms with van der Waals surface area (Å²) < 4.78 is 4.90. The van der Waals surface area contributed by atoms with Crippen LogP contribution in [0.2, 0.25) is 0 Å². The summed E-state index contributed by atoms with van der Waals surface area (Å²) in [4.78, 5) is 43.1. The fourth-order valence-electron chi connectivity index (χ4n) is 4.50. The highest BCUT2D eigenvalue weighted by Crippen LogP contribution is 2.32. The predicted octanol–water partition coefficient (Wildman–Crippen LogP) is 1.90. The van der Waals surface area contributed by atoms with Gasteiger partial charge in [0.15, 0.2) is 0 Å². The van der Waals surface area contributed by atoms with E-state index in [1.165, 1.54) is 12.8 Å². The molecule has 0 N–H and O–H groups in total. The van der Waals surface area contributed by atoms with E-state index in [4.69, 9.17) is 4.74 Å². The van der Waals surface area contributed by atoms with Crippen LogP contribution in [-0.4, -0.2) is 84.4 Å². The topological polar surface area (TPSA) is 70.2 Å². The van der Waals surface area contributed by atoms with Gasteiger partial charge < -0.3 is 14.5 Å². The van der Waals surface area contributed by atoms with E-state index in [-0.39, 0.29) is 36.7 Å². The molecule has 0 bridgehead atoms. The Labute approximate surface area is 169 Å². The Kier molecular flexibility index (Phi) is 9.22. The van der Waals surface area contributed by atoms with Gasteiger partial charge in [-0.1, -0.05) is 12.8 Å². The molecule has 2 rings (SSSR count). The lowest BCUT2D eigenvalue weighted by Crippen LogP contribution is -2.58. The van der Waals surface area contributed by atoms with Crippen LogP contribution < -0.4 is 0 Å². The smallest absolute Gasteiger partial charge is 0.306 e. The molecule has 2 aliphatic rings. The molecule has 1 saturated carbocycles. The summed E-state index contributed by atoms with van der Waals surface area (Å²) >= 11 is 0. The standard InChI is InChI=1S/C21H37N3O4/c1-4-22(5-2)21(27)20(17-9-7-8-10-17)24-15-13-23(14-16-24)18(25)11-12-19(26)28-6-3/h17,20H,4-16H2,1-3H3/t20-/m0/s1. The normalized spacial score (nSPS) is 19.5. The lowest BCUT2D eigenvalue weighted by Gasteiger charge is -2.42. The minimum Gasteiger partial charge on any atom is -0.466 e. The molecule has 7 heteroatoms. The number of rotatable bonds is 9. The van der Waals surface area contributed by atoms with Crippen LogP contribution in [0.5, 0.6) is 0 Å². The summed E-state index contributed by atoms with van der Waals surface area (Å²) in [6.45, 7) is 10.3. The fourth-order valence-corrected chi connectivity index (χ4v) is 4.50. The zero-order valence-electron chi connectivity index (χ0n) is 17.8. The number of ether oxygens (including phenoxy) is 1. The van der Waals surface area contributed by atoms with E-state index in [0.29, 0.717) is 25.6 Å². The van der Waals surface area contributed by atoms with Crippen LogP contribution >= 0.6 is 0 Å². The molecule has 1 aliphatic heterocycles. The summed E-state index contributed by atoms with van der Waals surface area (Å²) in [5.74, 6) is 0.360. The Hall–Kier alpha value is -1.63. The van der Waals surface area contributed by atoms with Crippen LogP contribution in [0.4, 0.5) is 0 Å². The van der Waals surface area contributed by atoms with Crippen LogP contribution in [0.1, 0.15) is 59.3 Å². The van der Waals surface area contributed by atoms with E-state index < -0.39 is 0 Å². The molecule has 0 unspecified atom stereocenters. The van der Waals surface area contributed by atoms with Gasteiger partial charge in [-0.15, -0.1) is 0 Å². The first-order chi connectivity index (χ1) is 13.5. The van der Waals surface area contributed by atoms with Crippen LogP contribution in [0.25, 0.3) is 0 Å². The molecule has 28 heavy (non-hydrogen) atoms. The quantitative estimate of drug-likeness (QED) is 0.558. The number of likely N-dealkylation sites (N-methyl/N-ethyl adjacent to an activating group) is 1. The average molecular weight is 396 g/mol. The number of carbonyl (C=O) groups is 3. The third-order valence-electron chi connectivity index (χ3n) is 6.08. The second-order valence-corrected chi connectivity index (χ2v) is 7.72. The van der Waals surface area contributed by atoms with E-state index in [0.717, 1.165) is 39.0 Å². The lowest BCUT2D eigenvalue weighted by atomic mass is 9.94. The Bertz CT molecular complexity index is 522. The molecule has 0 radical (unpaired) electrons. The first-order valence-corrected chi connectivity index (χ1v) is 11.0. The van der Waals surface area contributed by atoms with Crippen molar-refractivity contribution in [2.24, 2.45) is 5.92 Å². The zero-order chi connectivity index (χ0) is 20.5. The van der Waals surface area contributed by atoms with Gasteiger partial charge >= 0.3 is 5.97 Å². The predicted molar refractivity (Wildman–Crippen MR) is 108 cm³/mol. The summed E-state index contributed by atoms with van der Waals surface area (Å²) in [6, 6.07) is -0.0563. The maximum atomic E-state index is 13.2. The highest BCUT2D eigenvalue weighted by molar-refractivity contribution is 5.83. The number of esters is 1. The number of amides is 2. The largest absolute Gasteiger partial charge is 0.466 e. The van der Waals surface area contributed by atoms with Crippen molar-refractivity contribution in [1.82, 2.24) is 14.7 Å². The summed E-state index contributed by atoms with van der Waals surface area (Å²) in [6.07, 6.45) is 4.99. The van der Waals surface area contributed by atoms with E-state index in [9.17, 15) is 14.4 Å². The van der Waals surface area contributed by atoms with Gasteiger partial charge in [-0.3, -0.25) is 19.3 Å². The van der Waals surface area contributed by atoms with Crippen molar-refractivity contribution in [2.75, 3.05) is 45.9 Å². The zero-order valence-corrected chi connectivity index (χ0v) is 17.8. The minimum atomic E-state index is -0.319. The molecule has 1 aliphatic carbocycles. The molecule has 1 saturated heterocycles. The van der Waals surface area contributed by atoms with E-state index in [1.54, 1.807) is 6.92 Å². The maximum absolute atomic E-state index is 13.2. The molecule has 7 nitrogen and oxygen atoms in total. The number of nitrogens with zero attached hydrogens (tertiary/aromatic N) is 3. The molecule has 0 aromatic rings. The van der Waals surface area contributed by atoms with E-state index in [2.05, 4.69) is 4.90 Å². The Morgan fingerprint density at radius 1 is 0.964 bits per heavy atom. The van der Waals surface area contributed by atoms with Crippen molar-refractivity contribution in [3.8, 4) is 0 Å². The maximum Gasteiger partial charge on any atom is 0.306 e. The Morgan fingerprint density at radius 2 is 1.57 bits per heavy atom. The fraction of sp³-hybridized carbons (Fsp3) is 0.857. The average Bonchev–Trinajstić information content (AvgIpc) is 3.22. The highest BCUT2D eigenvalue weighted by Gasteiger charge is 2.38. The molecule has 160 valence electrons. The van der Waals surface area contributed by atoms with Crippen molar-refractivity contribution in [3.63, 3.8) is 0 Å². The SMILES string of the molecule is CCOC(=O)CCC(=O)N1CCN([C@H](C(=O)N(CC)CC)C2CCCC2)CC1. The minimum absolute atomic E-state index is 0.000175. The molecule has 1 atom stereocenters. The highest BCUT2D eigenvalue weighted by atomic mass is 16.5. The van der Waals surface area contributed by atoms with Gasteiger partial charge in [0.2, 0.25) is 11.8 Å². The van der Waals surface area contributed by atoms with Gasteiger partial charge in [0, 0.05) is 45.7 Å². The summed E-state index contributed by atoms with van der Waals surface area (Å²) in [7, 11) is 0. The van der Waals surface area contributed by atoms with Gasteiger partial charge in [-0.25, -0.2) is 0 Å².